The minimum absolute atomic E-state index is 0.0117. The van der Waals surface area contributed by atoms with Gasteiger partial charge in [-0.1, -0.05) is 12.1 Å². The average Bonchev–Trinajstić information content (AvgIpc) is 2.92. The van der Waals surface area contributed by atoms with Gasteiger partial charge < -0.3 is 10.1 Å². The molecule has 0 saturated heterocycles. The number of para-hydroxylation sites is 2. The highest BCUT2D eigenvalue weighted by Gasteiger charge is 2.36. The normalized spacial score (nSPS) is 12.7. The molecule has 9 heteroatoms. The zero-order chi connectivity index (χ0) is 20.3. The van der Waals surface area contributed by atoms with E-state index in [1.165, 1.54) is 19.2 Å². The van der Waals surface area contributed by atoms with Gasteiger partial charge in [0.15, 0.2) is 0 Å². The molecule has 1 aliphatic rings. The average molecular weight is 383 g/mol. The van der Waals surface area contributed by atoms with Gasteiger partial charge in [-0.25, -0.2) is 0 Å². The standard InChI is InChI=1S/C19H17N3O6/c1-28-16-6-3-2-5-15(16)20-17(23)7-4-10-21-18(24)13-9-8-12(22(26)27)11-14(13)19(21)25/h2-3,5-6,8-9,11H,4,7,10H2,1H3,(H,20,23). The Morgan fingerprint density at radius 2 is 1.86 bits per heavy atom. The number of fused-ring (bicyclic) bond motifs is 1. The van der Waals surface area contributed by atoms with Gasteiger partial charge in [0.2, 0.25) is 5.91 Å². The lowest BCUT2D eigenvalue weighted by Crippen LogP contribution is -2.31. The van der Waals surface area contributed by atoms with Crippen molar-refractivity contribution in [3.05, 3.63) is 63.7 Å². The number of nitrogens with zero attached hydrogens (tertiary/aromatic N) is 2. The molecule has 3 amide bonds. The van der Waals surface area contributed by atoms with Crippen molar-refractivity contribution in [2.45, 2.75) is 12.8 Å². The van der Waals surface area contributed by atoms with Crippen molar-refractivity contribution in [3.8, 4) is 5.75 Å². The molecule has 2 aromatic rings. The van der Waals surface area contributed by atoms with Crippen LogP contribution in [0.1, 0.15) is 33.6 Å². The van der Waals surface area contributed by atoms with Gasteiger partial charge in [-0.05, 0) is 24.6 Å². The van der Waals surface area contributed by atoms with Gasteiger partial charge in [0.25, 0.3) is 17.5 Å². The van der Waals surface area contributed by atoms with Gasteiger partial charge >= 0.3 is 0 Å². The zero-order valence-corrected chi connectivity index (χ0v) is 15.0. The Balaban J connectivity index is 1.59. The van der Waals surface area contributed by atoms with Crippen LogP contribution in [0.4, 0.5) is 11.4 Å². The van der Waals surface area contributed by atoms with Crippen LogP contribution in [0.2, 0.25) is 0 Å². The van der Waals surface area contributed by atoms with E-state index in [-0.39, 0.29) is 42.1 Å². The Hall–Kier alpha value is -3.75. The fraction of sp³-hybridized carbons (Fsp3) is 0.211. The molecule has 3 rings (SSSR count). The number of benzene rings is 2. The largest absolute Gasteiger partial charge is 0.495 e. The highest BCUT2D eigenvalue weighted by molar-refractivity contribution is 6.21. The number of non-ortho nitro benzene ring substituents is 1. The first-order valence-corrected chi connectivity index (χ1v) is 8.50. The van der Waals surface area contributed by atoms with Gasteiger partial charge in [-0.2, -0.15) is 0 Å². The molecule has 2 aromatic carbocycles. The highest BCUT2D eigenvalue weighted by Crippen LogP contribution is 2.27. The monoisotopic (exact) mass is 383 g/mol. The van der Waals surface area contributed by atoms with Crippen molar-refractivity contribution in [3.63, 3.8) is 0 Å². The minimum Gasteiger partial charge on any atom is -0.495 e. The molecular weight excluding hydrogens is 366 g/mol. The summed E-state index contributed by atoms with van der Waals surface area (Å²) in [4.78, 5) is 48.1. The van der Waals surface area contributed by atoms with Crippen molar-refractivity contribution in [1.29, 1.82) is 0 Å². The number of anilines is 1. The lowest BCUT2D eigenvalue weighted by atomic mass is 10.1. The molecular formula is C19H17N3O6. The van der Waals surface area contributed by atoms with Gasteiger partial charge in [-0.15, -0.1) is 0 Å². The van der Waals surface area contributed by atoms with Crippen molar-refractivity contribution in [1.82, 2.24) is 4.90 Å². The second-order valence-electron chi connectivity index (χ2n) is 6.10. The second kappa shape index (κ2) is 7.87. The van der Waals surface area contributed by atoms with E-state index < -0.39 is 16.7 Å². The van der Waals surface area contributed by atoms with E-state index in [1.807, 2.05) is 0 Å². The summed E-state index contributed by atoms with van der Waals surface area (Å²) in [5.41, 5.74) is 0.424. The Labute approximate surface area is 160 Å². The Morgan fingerprint density at radius 1 is 1.14 bits per heavy atom. The molecule has 0 bridgehead atoms. The Kier molecular flexibility index (Phi) is 5.35. The second-order valence-corrected chi connectivity index (χ2v) is 6.10. The number of carbonyl (C=O) groups is 3. The summed E-state index contributed by atoms with van der Waals surface area (Å²) in [6.07, 6.45) is 0.347. The third kappa shape index (κ3) is 3.68. The van der Waals surface area contributed by atoms with Crippen molar-refractivity contribution >= 4 is 29.1 Å². The molecule has 0 aliphatic carbocycles. The van der Waals surface area contributed by atoms with Crippen molar-refractivity contribution in [2.24, 2.45) is 0 Å². The highest BCUT2D eigenvalue weighted by atomic mass is 16.6. The van der Waals surface area contributed by atoms with Crippen LogP contribution >= 0.6 is 0 Å². The lowest BCUT2D eigenvalue weighted by molar-refractivity contribution is -0.384. The molecule has 0 saturated carbocycles. The van der Waals surface area contributed by atoms with E-state index in [1.54, 1.807) is 24.3 Å². The topological polar surface area (TPSA) is 119 Å². The number of nitro groups is 1. The van der Waals surface area contributed by atoms with Crippen LogP contribution in [-0.4, -0.2) is 41.2 Å². The quantitative estimate of drug-likeness (QED) is 0.446. The SMILES string of the molecule is COc1ccccc1NC(=O)CCCN1C(=O)c2ccc([N+](=O)[O-])cc2C1=O. The minimum atomic E-state index is -0.622. The molecule has 0 atom stereocenters. The third-order valence-corrected chi connectivity index (χ3v) is 4.33. The summed E-state index contributed by atoms with van der Waals surface area (Å²) in [6.45, 7) is 0.0412. The number of nitrogens with one attached hydrogen (secondary N) is 1. The summed E-state index contributed by atoms with van der Waals surface area (Å²) >= 11 is 0. The van der Waals surface area contributed by atoms with E-state index in [2.05, 4.69) is 5.32 Å². The Bertz CT molecular complexity index is 972. The van der Waals surface area contributed by atoms with Crippen molar-refractivity contribution < 1.29 is 24.0 Å². The van der Waals surface area contributed by atoms with E-state index in [0.717, 1.165) is 11.0 Å². The first-order chi connectivity index (χ1) is 13.4. The zero-order valence-electron chi connectivity index (χ0n) is 15.0. The van der Waals surface area contributed by atoms with E-state index in [9.17, 15) is 24.5 Å². The van der Waals surface area contributed by atoms with Gasteiger partial charge in [0, 0.05) is 25.1 Å². The Morgan fingerprint density at radius 3 is 2.57 bits per heavy atom. The molecule has 9 nitrogen and oxygen atoms in total. The number of ether oxygens (including phenoxy) is 1. The van der Waals surface area contributed by atoms with Gasteiger partial charge in [0.05, 0.1) is 28.8 Å². The molecule has 0 spiro atoms. The molecule has 0 aromatic heterocycles. The fourth-order valence-electron chi connectivity index (χ4n) is 2.95. The van der Waals surface area contributed by atoms with Gasteiger partial charge in [0.1, 0.15) is 5.75 Å². The molecule has 0 radical (unpaired) electrons. The van der Waals surface area contributed by atoms with Crippen LogP contribution in [0.25, 0.3) is 0 Å². The number of methoxy groups -OCH3 is 1. The molecule has 144 valence electrons. The number of hydrogen-bond acceptors (Lipinski definition) is 6. The number of rotatable bonds is 7. The maximum Gasteiger partial charge on any atom is 0.270 e. The van der Waals surface area contributed by atoms with Gasteiger partial charge in [-0.3, -0.25) is 29.4 Å². The van der Waals surface area contributed by atoms with Crippen LogP contribution in [0.3, 0.4) is 0 Å². The number of imide groups is 1. The molecule has 28 heavy (non-hydrogen) atoms. The van der Waals surface area contributed by atoms with E-state index in [4.69, 9.17) is 4.74 Å². The first kappa shape index (κ1) is 19.0. The third-order valence-electron chi connectivity index (χ3n) is 4.33. The smallest absolute Gasteiger partial charge is 0.270 e. The van der Waals surface area contributed by atoms with Crippen molar-refractivity contribution in [2.75, 3.05) is 19.0 Å². The predicted molar refractivity (Wildman–Crippen MR) is 99.3 cm³/mol. The summed E-state index contributed by atoms with van der Waals surface area (Å²) in [6, 6.07) is 10.5. The maximum atomic E-state index is 12.4. The number of amides is 3. The fourth-order valence-corrected chi connectivity index (χ4v) is 2.95. The first-order valence-electron chi connectivity index (χ1n) is 8.50. The maximum absolute atomic E-state index is 12.4. The number of nitro benzene ring substituents is 1. The van der Waals surface area contributed by atoms with Crippen LogP contribution in [-0.2, 0) is 4.79 Å². The molecule has 1 N–H and O–H groups in total. The summed E-state index contributed by atoms with van der Waals surface area (Å²) in [5.74, 6) is -0.858. The summed E-state index contributed by atoms with van der Waals surface area (Å²) < 4.78 is 5.16. The molecule has 0 unspecified atom stereocenters. The summed E-state index contributed by atoms with van der Waals surface area (Å²) in [7, 11) is 1.50. The lowest BCUT2D eigenvalue weighted by Gasteiger charge is -2.14. The van der Waals surface area contributed by atoms with Crippen LogP contribution in [0.15, 0.2) is 42.5 Å². The van der Waals surface area contributed by atoms with Crippen LogP contribution in [0.5, 0.6) is 5.75 Å². The molecule has 0 fully saturated rings. The predicted octanol–water partition coefficient (Wildman–Crippen LogP) is 2.62. The van der Waals surface area contributed by atoms with E-state index >= 15 is 0 Å². The molecule has 1 heterocycles. The number of hydrogen-bond donors (Lipinski definition) is 1. The summed E-state index contributed by atoms with van der Waals surface area (Å²) in [5, 5.41) is 13.6. The number of carbonyl (C=O) groups excluding carboxylic acids is 3. The molecule has 1 aliphatic heterocycles. The van der Waals surface area contributed by atoms with E-state index in [0.29, 0.717) is 11.4 Å². The van der Waals surface area contributed by atoms with Crippen LogP contribution < -0.4 is 10.1 Å². The van der Waals surface area contributed by atoms with Crippen LogP contribution in [0, 0.1) is 10.1 Å².